The Hall–Kier alpha value is -3.30. The number of benzene rings is 1. The van der Waals surface area contributed by atoms with Crippen LogP contribution in [0.2, 0.25) is 0 Å². The zero-order valence-corrected chi connectivity index (χ0v) is 23.5. The van der Waals surface area contributed by atoms with Crippen LogP contribution in [0.5, 0.6) is 17.2 Å². The lowest BCUT2D eigenvalue weighted by Crippen LogP contribution is -2.36. The molecule has 0 unspecified atom stereocenters. The summed E-state index contributed by atoms with van der Waals surface area (Å²) in [6.07, 6.45) is 1.07. The number of hydrogen-bond donors (Lipinski definition) is 1. The van der Waals surface area contributed by atoms with Gasteiger partial charge in [-0.05, 0) is 56.3 Å². The maximum absolute atomic E-state index is 13.8. The second kappa shape index (κ2) is 12.0. The molecule has 0 spiro atoms. The molecular formula is C29H35NO7S. The minimum absolute atomic E-state index is 0.00292. The van der Waals surface area contributed by atoms with E-state index in [1.807, 2.05) is 32.2 Å². The largest absolute Gasteiger partial charge is 0.493 e. The molecule has 1 aromatic carbocycles. The highest BCUT2D eigenvalue weighted by molar-refractivity contribution is 7.10. The summed E-state index contributed by atoms with van der Waals surface area (Å²) < 4.78 is 27.9. The molecule has 0 radical (unpaired) electrons. The van der Waals surface area contributed by atoms with E-state index in [1.165, 1.54) is 26.2 Å². The highest BCUT2D eigenvalue weighted by atomic mass is 32.1. The molecule has 1 aromatic heterocycles. The van der Waals surface area contributed by atoms with Crippen LogP contribution >= 0.6 is 11.3 Å². The zero-order valence-electron chi connectivity index (χ0n) is 22.7. The molecular weight excluding hydrogens is 506 g/mol. The van der Waals surface area contributed by atoms with Gasteiger partial charge in [-0.2, -0.15) is 0 Å². The highest BCUT2D eigenvalue weighted by Crippen LogP contribution is 2.49. The van der Waals surface area contributed by atoms with E-state index in [0.29, 0.717) is 52.5 Å². The van der Waals surface area contributed by atoms with Crippen molar-refractivity contribution in [2.75, 3.05) is 34.5 Å². The zero-order chi connectivity index (χ0) is 27.4. The molecule has 2 atom stereocenters. The summed E-state index contributed by atoms with van der Waals surface area (Å²) in [7, 11) is 4.61. The van der Waals surface area contributed by atoms with Gasteiger partial charge >= 0.3 is 5.97 Å². The molecule has 2 aromatic rings. The summed E-state index contributed by atoms with van der Waals surface area (Å²) in [6.45, 7) is 6.08. The molecule has 38 heavy (non-hydrogen) atoms. The number of ether oxygens (including phenoxy) is 5. The van der Waals surface area contributed by atoms with E-state index in [9.17, 15) is 9.59 Å². The molecule has 0 amide bonds. The molecule has 2 aliphatic rings. The van der Waals surface area contributed by atoms with Crippen LogP contribution in [0.4, 0.5) is 0 Å². The number of carbonyl (C=O) groups excluding carboxylic acids is 2. The number of allylic oxidation sites excluding steroid dienone is 3. The van der Waals surface area contributed by atoms with Crippen molar-refractivity contribution in [3.63, 3.8) is 0 Å². The Bertz CT molecular complexity index is 1220. The number of carbonyl (C=O) groups is 2. The predicted molar refractivity (Wildman–Crippen MR) is 145 cm³/mol. The molecule has 2 heterocycles. The van der Waals surface area contributed by atoms with Gasteiger partial charge in [-0.1, -0.05) is 6.07 Å². The lowest BCUT2D eigenvalue weighted by molar-refractivity contribution is -0.141. The van der Waals surface area contributed by atoms with Crippen molar-refractivity contribution in [3.8, 4) is 17.2 Å². The van der Waals surface area contributed by atoms with Crippen LogP contribution in [0.25, 0.3) is 0 Å². The van der Waals surface area contributed by atoms with Crippen LogP contribution < -0.4 is 19.5 Å². The van der Waals surface area contributed by atoms with E-state index < -0.39 is 11.9 Å². The monoisotopic (exact) mass is 541 g/mol. The molecule has 9 heteroatoms. The van der Waals surface area contributed by atoms with E-state index in [2.05, 4.69) is 11.4 Å². The summed E-state index contributed by atoms with van der Waals surface area (Å²) in [4.78, 5) is 28.5. The maximum Gasteiger partial charge on any atom is 0.336 e. The Balaban J connectivity index is 1.79. The fourth-order valence-corrected chi connectivity index (χ4v) is 5.96. The number of ketones is 1. The van der Waals surface area contributed by atoms with Gasteiger partial charge in [-0.15, -0.1) is 11.3 Å². The summed E-state index contributed by atoms with van der Waals surface area (Å²) in [5.41, 5.74) is 3.11. The van der Waals surface area contributed by atoms with Gasteiger partial charge in [0.2, 0.25) is 5.75 Å². The fourth-order valence-electron chi connectivity index (χ4n) is 5.13. The van der Waals surface area contributed by atoms with Crippen LogP contribution in [0.3, 0.4) is 0 Å². The first-order valence-electron chi connectivity index (χ1n) is 12.6. The second-order valence-electron chi connectivity index (χ2n) is 9.55. The van der Waals surface area contributed by atoms with Crippen LogP contribution in [0, 0.1) is 0 Å². The molecule has 4 rings (SSSR count). The Morgan fingerprint density at radius 1 is 1.08 bits per heavy atom. The molecule has 1 aliphatic heterocycles. The smallest absolute Gasteiger partial charge is 0.336 e. The Kier molecular flexibility index (Phi) is 8.79. The van der Waals surface area contributed by atoms with Gasteiger partial charge < -0.3 is 29.0 Å². The molecule has 1 N–H and O–H groups in total. The minimum atomic E-state index is -0.657. The van der Waals surface area contributed by atoms with Gasteiger partial charge in [-0.3, -0.25) is 4.79 Å². The van der Waals surface area contributed by atoms with Crippen molar-refractivity contribution in [2.24, 2.45) is 0 Å². The lowest BCUT2D eigenvalue weighted by Gasteiger charge is -2.36. The van der Waals surface area contributed by atoms with Gasteiger partial charge in [0.1, 0.15) is 6.61 Å². The number of dihydropyridines is 1. The number of esters is 1. The summed E-state index contributed by atoms with van der Waals surface area (Å²) >= 11 is 1.65. The van der Waals surface area contributed by atoms with Gasteiger partial charge in [0.05, 0.1) is 39.6 Å². The third-order valence-electron chi connectivity index (χ3n) is 6.78. The first kappa shape index (κ1) is 27.7. The lowest BCUT2D eigenvalue weighted by atomic mass is 9.72. The Morgan fingerprint density at radius 3 is 2.37 bits per heavy atom. The SMILES string of the molecule is COc1cc([C@@H]2C(C(=O)OCCOC(C)C)=C(C)NC3=C2C(=O)C[C@@H](c2cccs2)C3)cc(OC)c1OC. The van der Waals surface area contributed by atoms with Crippen LogP contribution in [0.15, 0.2) is 52.2 Å². The average Bonchev–Trinajstić information content (AvgIpc) is 3.44. The van der Waals surface area contributed by atoms with Crippen LogP contribution in [0.1, 0.15) is 55.9 Å². The average molecular weight is 542 g/mol. The number of Topliss-reactive ketones (excluding diaryl/α,β-unsaturated/α-hetero) is 1. The predicted octanol–water partition coefficient (Wildman–Crippen LogP) is 5.10. The number of hydrogen-bond acceptors (Lipinski definition) is 9. The first-order valence-corrected chi connectivity index (χ1v) is 13.5. The summed E-state index contributed by atoms with van der Waals surface area (Å²) in [5.74, 6) is 0.248. The summed E-state index contributed by atoms with van der Waals surface area (Å²) in [6, 6.07) is 7.66. The molecule has 1 aliphatic carbocycles. The molecule has 8 nitrogen and oxygen atoms in total. The van der Waals surface area contributed by atoms with Crippen LogP contribution in [-0.4, -0.2) is 52.4 Å². The second-order valence-corrected chi connectivity index (χ2v) is 10.5. The maximum atomic E-state index is 13.8. The number of thiophene rings is 1. The molecule has 0 saturated heterocycles. The van der Waals surface area contributed by atoms with Crippen molar-refractivity contribution in [1.82, 2.24) is 5.32 Å². The van der Waals surface area contributed by atoms with E-state index in [0.717, 1.165) is 5.70 Å². The molecule has 0 fully saturated rings. The van der Waals surface area contributed by atoms with Crippen molar-refractivity contribution in [1.29, 1.82) is 0 Å². The first-order chi connectivity index (χ1) is 18.3. The van der Waals surface area contributed by atoms with Gasteiger partial charge in [0.15, 0.2) is 17.3 Å². The Labute approximate surface area is 227 Å². The van der Waals surface area contributed by atoms with Gasteiger partial charge in [0.25, 0.3) is 0 Å². The van der Waals surface area contributed by atoms with Crippen molar-refractivity contribution >= 4 is 23.1 Å². The van der Waals surface area contributed by atoms with E-state index in [4.69, 9.17) is 23.7 Å². The quantitative estimate of drug-likeness (QED) is 0.328. The van der Waals surface area contributed by atoms with Gasteiger partial charge in [0, 0.05) is 40.1 Å². The normalized spacial score (nSPS) is 19.3. The van der Waals surface area contributed by atoms with Crippen molar-refractivity contribution in [2.45, 2.75) is 51.6 Å². The van der Waals surface area contributed by atoms with Crippen molar-refractivity contribution < 1.29 is 33.3 Å². The standard InChI is InChI=1S/C29H35NO7S/c1-16(2)36-9-10-37-29(32)25-17(3)30-20-12-18(24-8-7-11-38-24)13-21(31)27(20)26(25)19-14-22(33-4)28(35-6)23(15-19)34-5/h7-8,11,14-16,18,26,30H,9-10,12-13H2,1-6H3/t18-,26+/m0/s1. The van der Waals surface area contributed by atoms with Crippen molar-refractivity contribution in [3.05, 3.63) is 62.6 Å². The summed E-state index contributed by atoms with van der Waals surface area (Å²) in [5, 5.41) is 5.41. The third kappa shape index (κ3) is 5.59. The molecule has 204 valence electrons. The van der Waals surface area contributed by atoms with E-state index in [-0.39, 0.29) is 31.0 Å². The number of nitrogens with one attached hydrogen (secondary N) is 1. The third-order valence-corrected chi connectivity index (χ3v) is 7.82. The van der Waals surface area contributed by atoms with E-state index in [1.54, 1.807) is 23.5 Å². The van der Waals surface area contributed by atoms with Crippen LogP contribution in [-0.2, 0) is 19.1 Å². The number of rotatable bonds is 10. The van der Waals surface area contributed by atoms with Gasteiger partial charge in [-0.25, -0.2) is 4.79 Å². The topological polar surface area (TPSA) is 92.3 Å². The highest BCUT2D eigenvalue weighted by Gasteiger charge is 2.42. The Morgan fingerprint density at radius 2 is 1.79 bits per heavy atom. The minimum Gasteiger partial charge on any atom is -0.493 e. The molecule has 0 saturated carbocycles. The fraction of sp³-hybridized carbons (Fsp3) is 0.448. The van der Waals surface area contributed by atoms with E-state index >= 15 is 0 Å². The molecule has 0 bridgehead atoms. The number of methoxy groups -OCH3 is 3.